The summed E-state index contributed by atoms with van der Waals surface area (Å²) >= 11 is 7.13. The van der Waals surface area contributed by atoms with Gasteiger partial charge in [0.05, 0.1) is 7.11 Å². The van der Waals surface area contributed by atoms with E-state index in [1.165, 1.54) is 11.3 Å². The number of carbonyl (C=O) groups excluding carboxylic acids is 2. The molecule has 2 atom stereocenters. The Labute approximate surface area is 189 Å². The van der Waals surface area contributed by atoms with Crippen LogP contribution in [0.15, 0.2) is 48.5 Å². The Kier molecular flexibility index (Phi) is 7.59. The molecule has 7 nitrogen and oxygen atoms in total. The molecular formula is C22H23ClN4O3S. The van der Waals surface area contributed by atoms with Crippen LogP contribution in [0.2, 0.25) is 5.02 Å². The summed E-state index contributed by atoms with van der Waals surface area (Å²) < 4.78 is 5.24. The number of nitrogens with zero attached hydrogens (tertiary/aromatic N) is 2. The third kappa shape index (κ3) is 5.80. The van der Waals surface area contributed by atoms with E-state index in [0.717, 1.165) is 5.56 Å². The van der Waals surface area contributed by atoms with Crippen molar-refractivity contribution in [3.8, 4) is 16.3 Å². The zero-order valence-corrected chi connectivity index (χ0v) is 19.0. The Balaban J connectivity index is 1.73. The van der Waals surface area contributed by atoms with Crippen LogP contribution in [-0.4, -0.2) is 35.2 Å². The zero-order chi connectivity index (χ0) is 22.4. The van der Waals surface area contributed by atoms with E-state index in [9.17, 15) is 9.59 Å². The number of anilines is 1. The number of ether oxygens (including phenoxy) is 1. The summed E-state index contributed by atoms with van der Waals surface area (Å²) in [5.41, 5.74) is 1.27. The van der Waals surface area contributed by atoms with Gasteiger partial charge in [-0.1, -0.05) is 55.3 Å². The van der Waals surface area contributed by atoms with Gasteiger partial charge in [-0.25, -0.2) is 0 Å². The van der Waals surface area contributed by atoms with Crippen molar-refractivity contribution in [2.24, 2.45) is 5.92 Å². The van der Waals surface area contributed by atoms with Gasteiger partial charge in [-0.2, -0.15) is 0 Å². The highest BCUT2D eigenvalue weighted by Gasteiger charge is 2.27. The van der Waals surface area contributed by atoms with Gasteiger partial charge >= 0.3 is 0 Å². The van der Waals surface area contributed by atoms with Crippen molar-refractivity contribution in [3.63, 3.8) is 0 Å². The number of halogens is 1. The highest BCUT2D eigenvalue weighted by molar-refractivity contribution is 7.18. The summed E-state index contributed by atoms with van der Waals surface area (Å²) in [6.07, 6.45) is 0.712. The highest BCUT2D eigenvalue weighted by Crippen LogP contribution is 2.29. The van der Waals surface area contributed by atoms with Crippen molar-refractivity contribution in [2.45, 2.75) is 26.3 Å². The molecule has 31 heavy (non-hydrogen) atoms. The molecule has 0 fully saturated rings. The predicted molar refractivity (Wildman–Crippen MR) is 123 cm³/mol. The third-order valence-electron chi connectivity index (χ3n) is 4.86. The van der Waals surface area contributed by atoms with Crippen LogP contribution in [-0.2, 0) is 4.79 Å². The summed E-state index contributed by atoms with van der Waals surface area (Å²) in [7, 11) is 1.60. The monoisotopic (exact) mass is 458 g/mol. The molecule has 2 unspecified atom stereocenters. The number of methoxy groups -OCH3 is 1. The third-order valence-corrected chi connectivity index (χ3v) is 6.00. The largest absolute Gasteiger partial charge is 0.497 e. The van der Waals surface area contributed by atoms with Gasteiger partial charge in [0.15, 0.2) is 0 Å². The molecule has 0 saturated carbocycles. The van der Waals surface area contributed by atoms with E-state index in [0.29, 0.717) is 32.9 Å². The van der Waals surface area contributed by atoms with Gasteiger partial charge in [-0.15, -0.1) is 10.2 Å². The van der Waals surface area contributed by atoms with Gasteiger partial charge in [-0.05, 0) is 42.3 Å². The fourth-order valence-electron chi connectivity index (χ4n) is 2.86. The molecule has 2 N–H and O–H groups in total. The zero-order valence-electron chi connectivity index (χ0n) is 17.4. The number of hydrogen-bond donors (Lipinski definition) is 2. The lowest BCUT2D eigenvalue weighted by Gasteiger charge is -2.23. The molecule has 2 aromatic carbocycles. The van der Waals surface area contributed by atoms with Crippen molar-refractivity contribution in [2.75, 3.05) is 12.4 Å². The molecule has 0 spiro atoms. The Morgan fingerprint density at radius 1 is 1.16 bits per heavy atom. The number of amides is 2. The molecule has 0 aliphatic carbocycles. The van der Waals surface area contributed by atoms with E-state index in [-0.39, 0.29) is 17.7 Å². The first kappa shape index (κ1) is 22.7. The molecule has 2 amide bonds. The van der Waals surface area contributed by atoms with Crippen LogP contribution >= 0.6 is 22.9 Å². The average Bonchev–Trinajstić information content (AvgIpc) is 3.25. The summed E-state index contributed by atoms with van der Waals surface area (Å²) in [4.78, 5) is 25.6. The summed E-state index contributed by atoms with van der Waals surface area (Å²) in [6, 6.07) is 13.2. The predicted octanol–water partition coefficient (Wildman–Crippen LogP) is 4.65. The molecule has 0 aliphatic rings. The lowest BCUT2D eigenvalue weighted by Crippen LogP contribution is -2.47. The van der Waals surface area contributed by atoms with E-state index in [4.69, 9.17) is 16.3 Å². The Morgan fingerprint density at radius 2 is 1.90 bits per heavy atom. The SMILES string of the molecule is CCC(C)C(NC(=O)c1ccc(Cl)cc1)C(=O)Nc1nnc(-c2cccc(OC)c2)s1. The average molecular weight is 459 g/mol. The molecule has 0 radical (unpaired) electrons. The molecule has 1 aromatic heterocycles. The van der Waals surface area contributed by atoms with Crippen LogP contribution in [0.3, 0.4) is 0 Å². The molecule has 1 heterocycles. The molecule has 0 aliphatic heterocycles. The topological polar surface area (TPSA) is 93.2 Å². The maximum absolute atomic E-state index is 13.0. The number of aromatic nitrogens is 2. The minimum absolute atomic E-state index is 0.0815. The first-order valence-electron chi connectivity index (χ1n) is 9.76. The second-order valence-electron chi connectivity index (χ2n) is 6.98. The van der Waals surface area contributed by atoms with Crippen LogP contribution in [0, 0.1) is 5.92 Å². The fourth-order valence-corrected chi connectivity index (χ4v) is 3.73. The van der Waals surface area contributed by atoms with Gasteiger partial charge in [-0.3, -0.25) is 14.9 Å². The normalized spacial score (nSPS) is 12.6. The Bertz CT molecular complexity index is 1050. The fraction of sp³-hybridized carbons (Fsp3) is 0.273. The second-order valence-corrected chi connectivity index (χ2v) is 8.39. The second kappa shape index (κ2) is 10.4. The number of hydrogen-bond acceptors (Lipinski definition) is 6. The van der Waals surface area contributed by atoms with E-state index in [1.807, 2.05) is 38.1 Å². The van der Waals surface area contributed by atoms with E-state index in [2.05, 4.69) is 20.8 Å². The molecule has 0 bridgehead atoms. The molecule has 162 valence electrons. The summed E-state index contributed by atoms with van der Waals surface area (Å²) in [5, 5.41) is 15.4. The van der Waals surface area contributed by atoms with Crippen molar-refractivity contribution in [1.82, 2.24) is 15.5 Å². The number of carbonyl (C=O) groups is 2. The van der Waals surface area contributed by atoms with Crippen molar-refractivity contribution in [1.29, 1.82) is 0 Å². The van der Waals surface area contributed by atoms with Gasteiger partial charge in [0, 0.05) is 16.1 Å². The van der Waals surface area contributed by atoms with Crippen LogP contribution in [0.25, 0.3) is 10.6 Å². The van der Waals surface area contributed by atoms with Gasteiger partial charge in [0.2, 0.25) is 11.0 Å². The molecule has 9 heteroatoms. The first-order valence-corrected chi connectivity index (χ1v) is 11.0. The number of benzene rings is 2. The lowest BCUT2D eigenvalue weighted by atomic mass is 9.98. The molecular weight excluding hydrogens is 436 g/mol. The molecule has 3 rings (SSSR count). The van der Waals surface area contributed by atoms with Crippen molar-refractivity contribution >= 4 is 39.9 Å². The van der Waals surface area contributed by atoms with Gasteiger partial charge in [0.25, 0.3) is 5.91 Å². The smallest absolute Gasteiger partial charge is 0.251 e. The van der Waals surface area contributed by atoms with E-state index < -0.39 is 6.04 Å². The highest BCUT2D eigenvalue weighted by atomic mass is 35.5. The number of rotatable bonds is 8. The summed E-state index contributed by atoms with van der Waals surface area (Å²) in [6.45, 7) is 3.87. The Morgan fingerprint density at radius 3 is 2.58 bits per heavy atom. The van der Waals surface area contributed by atoms with Crippen molar-refractivity contribution < 1.29 is 14.3 Å². The first-order chi connectivity index (χ1) is 14.9. The van der Waals surface area contributed by atoms with Crippen LogP contribution in [0.5, 0.6) is 5.75 Å². The van der Waals surface area contributed by atoms with Crippen LogP contribution in [0.1, 0.15) is 30.6 Å². The van der Waals surface area contributed by atoms with E-state index in [1.54, 1.807) is 31.4 Å². The molecule has 3 aromatic rings. The minimum Gasteiger partial charge on any atom is -0.497 e. The van der Waals surface area contributed by atoms with Gasteiger partial charge < -0.3 is 10.1 Å². The van der Waals surface area contributed by atoms with Crippen molar-refractivity contribution in [3.05, 3.63) is 59.1 Å². The lowest BCUT2D eigenvalue weighted by molar-refractivity contribution is -0.119. The minimum atomic E-state index is -0.725. The quantitative estimate of drug-likeness (QED) is 0.512. The maximum Gasteiger partial charge on any atom is 0.251 e. The Hall–Kier alpha value is -2.97. The summed E-state index contributed by atoms with van der Waals surface area (Å²) in [5.74, 6) is -0.0569. The van der Waals surface area contributed by atoms with E-state index >= 15 is 0 Å². The van der Waals surface area contributed by atoms with Crippen LogP contribution < -0.4 is 15.4 Å². The van der Waals surface area contributed by atoms with Gasteiger partial charge in [0.1, 0.15) is 16.8 Å². The maximum atomic E-state index is 13.0. The number of nitrogens with one attached hydrogen (secondary N) is 2. The molecule has 0 saturated heterocycles. The standard InChI is InChI=1S/C22H23ClN4O3S/c1-4-13(2)18(24-19(28)14-8-10-16(23)11-9-14)20(29)25-22-27-26-21(31-22)15-6-5-7-17(12-15)30-3/h5-13,18H,4H2,1-3H3,(H,24,28)(H,25,27,29). The van der Waals surface area contributed by atoms with Crippen LogP contribution in [0.4, 0.5) is 5.13 Å².